The number of hydrogen-bond donors (Lipinski definition) is 1. The molecule has 0 saturated heterocycles. The van der Waals surface area contributed by atoms with Gasteiger partial charge in [-0.15, -0.1) is 0 Å². The average Bonchev–Trinajstić information content (AvgIpc) is 2.42. The van der Waals surface area contributed by atoms with Crippen LogP contribution in [0.3, 0.4) is 0 Å². The first-order chi connectivity index (χ1) is 9.25. The topological polar surface area (TPSA) is 38.9 Å². The van der Waals surface area contributed by atoms with Crippen molar-refractivity contribution < 1.29 is 0 Å². The molecule has 0 saturated carbocycles. The molecule has 1 heterocycles. The molecule has 0 amide bonds. The van der Waals surface area contributed by atoms with Crippen molar-refractivity contribution in [1.29, 1.82) is 0 Å². The summed E-state index contributed by atoms with van der Waals surface area (Å²) in [6.07, 6.45) is 13.7. The lowest BCUT2D eigenvalue weighted by atomic mass is 10.0. The maximum absolute atomic E-state index is 6.21. The molecule has 1 rings (SSSR count). The lowest BCUT2D eigenvalue weighted by molar-refractivity contribution is 0.530. The van der Waals surface area contributed by atoms with Crippen LogP contribution in [0.5, 0.6) is 0 Å². The van der Waals surface area contributed by atoms with Gasteiger partial charge in [-0.1, -0.05) is 64.4 Å². The molecule has 0 aromatic carbocycles. The van der Waals surface area contributed by atoms with E-state index < -0.39 is 0 Å². The first-order valence-corrected chi connectivity index (χ1v) is 7.92. The van der Waals surface area contributed by atoms with E-state index in [1.165, 1.54) is 56.9 Å². The van der Waals surface area contributed by atoms with E-state index in [0.717, 1.165) is 12.1 Å². The van der Waals surface area contributed by atoms with Gasteiger partial charge in [0.15, 0.2) is 0 Å². The predicted molar refractivity (Wildman–Crippen MR) is 83.1 cm³/mol. The first kappa shape index (κ1) is 16.2. The Morgan fingerprint density at radius 2 is 1.68 bits per heavy atom. The molecule has 2 heteroatoms. The van der Waals surface area contributed by atoms with E-state index in [0.29, 0.717) is 0 Å². The van der Waals surface area contributed by atoms with E-state index in [1.54, 1.807) is 0 Å². The normalized spacial score (nSPS) is 12.6. The fourth-order valence-electron chi connectivity index (χ4n) is 2.52. The van der Waals surface area contributed by atoms with Crippen LogP contribution in [0, 0.1) is 6.92 Å². The van der Waals surface area contributed by atoms with Crippen LogP contribution >= 0.6 is 0 Å². The third-order valence-corrected chi connectivity index (χ3v) is 3.77. The van der Waals surface area contributed by atoms with Crippen molar-refractivity contribution >= 4 is 0 Å². The van der Waals surface area contributed by atoms with Crippen LogP contribution in [0.2, 0.25) is 0 Å². The molecule has 19 heavy (non-hydrogen) atoms. The Balaban J connectivity index is 2.08. The van der Waals surface area contributed by atoms with Gasteiger partial charge in [-0.3, -0.25) is 4.98 Å². The number of nitrogens with zero attached hydrogens (tertiary/aromatic N) is 1. The zero-order valence-electron chi connectivity index (χ0n) is 12.7. The Bertz CT molecular complexity index is 336. The molecule has 0 radical (unpaired) electrons. The Hall–Kier alpha value is -0.890. The fraction of sp³-hybridized carbons (Fsp3) is 0.706. The summed E-state index contributed by atoms with van der Waals surface area (Å²) in [5.41, 5.74) is 8.51. The van der Waals surface area contributed by atoms with Crippen molar-refractivity contribution in [2.45, 2.75) is 77.7 Å². The van der Waals surface area contributed by atoms with Crippen LogP contribution in [-0.2, 0) is 0 Å². The van der Waals surface area contributed by atoms with E-state index in [-0.39, 0.29) is 6.04 Å². The minimum atomic E-state index is 0.112. The van der Waals surface area contributed by atoms with Gasteiger partial charge in [0, 0.05) is 12.2 Å². The summed E-state index contributed by atoms with van der Waals surface area (Å²) in [4.78, 5) is 4.40. The fourth-order valence-corrected chi connectivity index (χ4v) is 2.52. The molecule has 1 unspecified atom stereocenters. The monoisotopic (exact) mass is 262 g/mol. The van der Waals surface area contributed by atoms with Crippen molar-refractivity contribution in [3.63, 3.8) is 0 Å². The highest BCUT2D eigenvalue weighted by atomic mass is 14.8. The number of aromatic nitrogens is 1. The lowest BCUT2D eigenvalue weighted by Crippen LogP contribution is -2.13. The van der Waals surface area contributed by atoms with Crippen molar-refractivity contribution in [1.82, 2.24) is 4.98 Å². The maximum Gasteiger partial charge on any atom is 0.0600 e. The minimum absolute atomic E-state index is 0.112. The van der Waals surface area contributed by atoms with Crippen LogP contribution in [0.15, 0.2) is 18.3 Å². The first-order valence-electron chi connectivity index (χ1n) is 7.92. The highest BCUT2D eigenvalue weighted by molar-refractivity contribution is 5.20. The van der Waals surface area contributed by atoms with Gasteiger partial charge in [-0.05, 0) is 25.0 Å². The van der Waals surface area contributed by atoms with Crippen LogP contribution in [-0.4, -0.2) is 4.98 Å². The molecule has 0 spiro atoms. The summed E-state index contributed by atoms with van der Waals surface area (Å²) in [5.74, 6) is 0. The van der Waals surface area contributed by atoms with Gasteiger partial charge in [0.1, 0.15) is 0 Å². The molecule has 1 aromatic heterocycles. The van der Waals surface area contributed by atoms with Gasteiger partial charge in [0.05, 0.1) is 5.69 Å². The zero-order chi connectivity index (χ0) is 13.9. The van der Waals surface area contributed by atoms with Gasteiger partial charge in [0.25, 0.3) is 0 Å². The second-order valence-electron chi connectivity index (χ2n) is 5.58. The zero-order valence-corrected chi connectivity index (χ0v) is 12.7. The van der Waals surface area contributed by atoms with Crippen molar-refractivity contribution in [3.8, 4) is 0 Å². The number of hydrogen-bond acceptors (Lipinski definition) is 2. The molecule has 1 atom stereocenters. The van der Waals surface area contributed by atoms with E-state index in [2.05, 4.69) is 24.9 Å². The number of pyridine rings is 1. The van der Waals surface area contributed by atoms with Crippen LogP contribution in [0.25, 0.3) is 0 Å². The number of unbranched alkanes of at least 4 members (excludes halogenated alkanes) is 7. The third kappa shape index (κ3) is 6.72. The Morgan fingerprint density at radius 1 is 1.05 bits per heavy atom. The maximum atomic E-state index is 6.21. The average molecular weight is 262 g/mol. The van der Waals surface area contributed by atoms with E-state index in [1.807, 2.05) is 12.3 Å². The van der Waals surface area contributed by atoms with E-state index in [9.17, 15) is 0 Å². The molecule has 0 bridgehead atoms. The number of aryl methyl sites for hydroxylation is 1. The molecule has 108 valence electrons. The van der Waals surface area contributed by atoms with Crippen LogP contribution < -0.4 is 5.73 Å². The van der Waals surface area contributed by atoms with Crippen molar-refractivity contribution in [2.75, 3.05) is 0 Å². The second-order valence-corrected chi connectivity index (χ2v) is 5.58. The van der Waals surface area contributed by atoms with E-state index >= 15 is 0 Å². The highest BCUT2D eigenvalue weighted by Gasteiger charge is 2.09. The molecule has 1 aromatic rings. The van der Waals surface area contributed by atoms with Gasteiger partial charge < -0.3 is 5.73 Å². The molecular formula is C17H30N2. The lowest BCUT2D eigenvalue weighted by Gasteiger charge is -2.13. The third-order valence-electron chi connectivity index (χ3n) is 3.77. The van der Waals surface area contributed by atoms with Crippen LogP contribution in [0.4, 0.5) is 0 Å². The molecule has 2 N–H and O–H groups in total. The molecular weight excluding hydrogens is 232 g/mol. The quantitative estimate of drug-likeness (QED) is 0.608. The summed E-state index contributed by atoms with van der Waals surface area (Å²) in [5, 5.41) is 0. The van der Waals surface area contributed by atoms with Gasteiger partial charge >= 0.3 is 0 Å². The largest absolute Gasteiger partial charge is 0.323 e. The van der Waals surface area contributed by atoms with E-state index in [4.69, 9.17) is 5.73 Å². The molecule has 0 aliphatic heterocycles. The number of nitrogens with two attached hydrogens (primary N) is 1. The summed E-state index contributed by atoms with van der Waals surface area (Å²) >= 11 is 0. The number of rotatable bonds is 10. The summed E-state index contributed by atoms with van der Waals surface area (Å²) in [6, 6.07) is 4.18. The summed E-state index contributed by atoms with van der Waals surface area (Å²) in [7, 11) is 0. The summed E-state index contributed by atoms with van der Waals surface area (Å²) < 4.78 is 0. The smallest absolute Gasteiger partial charge is 0.0600 e. The second kappa shape index (κ2) is 9.96. The van der Waals surface area contributed by atoms with Gasteiger partial charge in [-0.25, -0.2) is 0 Å². The highest BCUT2D eigenvalue weighted by Crippen LogP contribution is 2.19. The van der Waals surface area contributed by atoms with Crippen molar-refractivity contribution in [3.05, 3.63) is 29.6 Å². The Kier molecular flexibility index (Phi) is 8.48. The molecule has 0 fully saturated rings. The van der Waals surface area contributed by atoms with Gasteiger partial charge in [0.2, 0.25) is 0 Å². The Labute approximate surface area is 118 Å². The molecule has 0 aliphatic rings. The standard InChI is InChI=1S/C17H30N2/c1-3-4-5-6-7-8-9-10-13-16(18)17-15(2)12-11-14-19-17/h11-12,14,16H,3-10,13,18H2,1-2H3. The minimum Gasteiger partial charge on any atom is -0.323 e. The molecule has 2 nitrogen and oxygen atoms in total. The van der Waals surface area contributed by atoms with Crippen LogP contribution in [0.1, 0.15) is 82.0 Å². The SMILES string of the molecule is CCCCCCCCCCC(N)c1ncccc1C. The molecule has 0 aliphatic carbocycles. The predicted octanol–water partition coefficient (Wildman–Crippen LogP) is 4.92. The Morgan fingerprint density at radius 3 is 2.32 bits per heavy atom. The summed E-state index contributed by atoms with van der Waals surface area (Å²) in [6.45, 7) is 4.36. The van der Waals surface area contributed by atoms with Gasteiger partial charge in [-0.2, -0.15) is 0 Å². The van der Waals surface area contributed by atoms with Crippen molar-refractivity contribution in [2.24, 2.45) is 5.73 Å².